The van der Waals surface area contributed by atoms with Crippen LogP contribution in [0.1, 0.15) is 49.3 Å². The molecule has 2 amide bonds. The summed E-state index contributed by atoms with van der Waals surface area (Å²) in [6.45, 7) is 6.54. The van der Waals surface area contributed by atoms with E-state index in [-0.39, 0.29) is 30.1 Å². The van der Waals surface area contributed by atoms with Gasteiger partial charge in [-0.25, -0.2) is 4.39 Å². The SMILES string of the molecule is Cc1c(NC(=O)Cc2ccccc2P)ccc(F)c1CN1CCN(C(=O)C2CCCC2)[C@@H](C)C1. The molecule has 2 aromatic rings. The van der Waals surface area contributed by atoms with Gasteiger partial charge >= 0.3 is 0 Å². The van der Waals surface area contributed by atoms with E-state index < -0.39 is 0 Å². The molecule has 0 radical (unpaired) electrons. The summed E-state index contributed by atoms with van der Waals surface area (Å²) in [5.74, 6) is 0.0992. The lowest BCUT2D eigenvalue weighted by Gasteiger charge is -2.41. The van der Waals surface area contributed by atoms with Crippen molar-refractivity contribution in [3.05, 3.63) is 58.9 Å². The lowest BCUT2D eigenvalue weighted by atomic mass is 10.0. The maximum atomic E-state index is 14.8. The van der Waals surface area contributed by atoms with Crippen LogP contribution in [0.25, 0.3) is 0 Å². The molecule has 0 aromatic heterocycles. The average Bonchev–Trinajstić information content (AvgIpc) is 3.35. The quantitative estimate of drug-likeness (QED) is 0.631. The molecule has 34 heavy (non-hydrogen) atoms. The van der Waals surface area contributed by atoms with E-state index in [0.717, 1.165) is 55.2 Å². The largest absolute Gasteiger partial charge is 0.337 e. The molecule has 182 valence electrons. The molecule has 1 aliphatic carbocycles. The second kappa shape index (κ2) is 11.0. The van der Waals surface area contributed by atoms with Crippen LogP contribution in [0.3, 0.4) is 0 Å². The third-order valence-corrected chi connectivity index (χ3v) is 7.87. The van der Waals surface area contributed by atoms with Crippen molar-refractivity contribution in [1.29, 1.82) is 0 Å². The van der Waals surface area contributed by atoms with Gasteiger partial charge in [-0.15, -0.1) is 9.24 Å². The molecule has 2 fully saturated rings. The van der Waals surface area contributed by atoms with Gasteiger partial charge in [-0.2, -0.15) is 0 Å². The third-order valence-electron chi connectivity index (χ3n) is 7.30. The fraction of sp³-hybridized carbons (Fsp3) is 0.481. The number of hydrogen-bond acceptors (Lipinski definition) is 3. The van der Waals surface area contributed by atoms with E-state index in [1.54, 1.807) is 6.07 Å². The molecule has 1 aliphatic heterocycles. The van der Waals surface area contributed by atoms with Crippen molar-refractivity contribution in [2.75, 3.05) is 25.0 Å². The van der Waals surface area contributed by atoms with E-state index in [4.69, 9.17) is 0 Å². The van der Waals surface area contributed by atoms with Crippen molar-refractivity contribution in [3.8, 4) is 0 Å². The van der Waals surface area contributed by atoms with Gasteiger partial charge in [0.25, 0.3) is 0 Å². The first-order valence-electron chi connectivity index (χ1n) is 12.3. The summed E-state index contributed by atoms with van der Waals surface area (Å²) in [6, 6.07) is 10.9. The van der Waals surface area contributed by atoms with Crippen LogP contribution in [-0.2, 0) is 22.6 Å². The van der Waals surface area contributed by atoms with Gasteiger partial charge in [0.15, 0.2) is 0 Å². The lowest BCUT2D eigenvalue weighted by molar-refractivity contribution is -0.140. The first kappa shape index (κ1) is 24.8. The number of benzene rings is 2. The zero-order chi connectivity index (χ0) is 24.2. The minimum Gasteiger partial charge on any atom is -0.337 e. The average molecular weight is 484 g/mol. The highest BCUT2D eigenvalue weighted by Crippen LogP contribution is 2.29. The molecular weight excluding hydrogens is 448 g/mol. The van der Waals surface area contributed by atoms with Crippen LogP contribution in [0.15, 0.2) is 36.4 Å². The minimum absolute atomic E-state index is 0.111. The number of nitrogens with zero attached hydrogens (tertiary/aromatic N) is 2. The molecule has 2 atom stereocenters. The van der Waals surface area contributed by atoms with Crippen molar-refractivity contribution in [2.45, 2.75) is 58.5 Å². The molecule has 1 unspecified atom stereocenters. The predicted octanol–water partition coefficient (Wildman–Crippen LogP) is 4.04. The van der Waals surface area contributed by atoms with Gasteiger partial charge in [0.2, 0.25) is 11.8 Å². The number of rotatable bonds is 6. The molecular formula is C27H35FN3O2P. The summed E-state index contributed by atoms with van der Waals surface area (Å²) in [7, 11) is 2.65. The molecule has 1 N–H and O–H groups in total. The second-order valence-corrected chi connectivity index (χ2v) is 10.3. The molecule has 5 nitrogen and oxygen atoms in total. The van der Waals surface area contributed by atoms with Crippen molar-refractivity contribution >= 4 is 32.0 Å². The summed E-state index contributed by atoms with van der Waals surface area (Å²) in [4.78, 5) is 29.8. The molecule has 1 heterocycles. The fourth-order valence-corrected chi connectivity index (χ4v) is 5.56. The predicted molar refractivity (Wildman–Crippen MR) is 138 cm³/mol. The molecule has 0 bridgehead atoms. The van der Waals surface area contributed by atoms with E-state index in [9.17, 15) is 14.0 Å². The van der Waals surface area contributed by atoms with Gasteiger partial charge in [0.05, 0.1) is 6.42 Å². The Bertz CT molecular complexity index is 1050. The van der Waals surface area contributed by atoms with Crippen LogP contribution < -0.4 is 10.6 Å². The van der Waals surface area contributed by atoms with Gasteiger partial charge in [0, 0.05) is 49.4 Å². The maximum Gasteiger partial charge on any atom is 0.228 e. The summed E-state index contributed by atoms with van der Waals surface area (Å²) in [5, 5.41) is 3.96. The molecule has 4 rings (SSSR count). The monoisotopic (exact) mass is 483 g/mol. The number of halogens is 1. The van der Waals surface area contributed by atoms with Gasteiger partial charge < -0.3 is 10.2 Å². The number of anilines is 1. The Kier molecular flexibility index (Phi) is 8.00. The van der Waals surface area contributed by atoms with Gasteiger partial charge in [-0.3, -0.25) is 14.5 Å². The number of piperazine rings is 1. The normalized spacial score (nSPS) is 19.4. The van der Waals surface area contributed by atoms with Crippen LogP contribution in [0.5, 0.6) is 0 Å². The highest BCUT2D eigenvalue weighted by molar-refractivity contribution is 7.27. The van der Waals surface area contributed by atoms with E-state index in [1.165, 1.54) is 6.07 Å². The Morgan fingerprint density at radius 2 is 1.85 bits per heavy atom. The van der Waals surface area contributed by atoms with Crippen molar-refractivity contribution in [2.24, 2.45) is 5.92 Å². The van der Waals surface area contributed by atoms with E-state index >= 15 is 0 Å². The highest BCUT2D eigenvalue weighted by Gasteiger charge is 2.33. The number of carbonyl (C=O) groups excluding carboxylic acids is 2. The number of hydrogen-bond donors (Lipinski definition) is 1. The molecule has 0 spiro atoms. The van der Waals surface area contributed by atoms with Gasteiger partial charge in [-0.1, -0.05) is 37.1 Å². The first-order valence-corrected chi connectivity index (χ1v) is 12.8. The van der Waals surface area contributed by atoms with Crippen molar-refractivity contribution in [1.82, 2.24) is 9.80 Å². The highest BCUT2D eigenvalue weighted by atomic mass is 31.0. The minimum atomic E-state index is -0.261. The lowest BCUT2D eigenvalue weighted by Crippen LogP contribution is -2.54. The number of carbonyl (C=O) groups is 2. The van der Waals surface area contributed by atoms with E-state index in [0.29, 0.717) is 30.2 Å². The van der Waals surface area contributed by atoms with Crippen LogP contribution in [0, 0.1) is 18.7 Å². The standard InChI is InChI=1S/C27H35FN3O2P/c1-18-16-30(13-14-31(18)27(33)20-7-3-4-8-20)17-22-19(2)24(12-11-23(22)28)29-26(32)15-21-9-5-6-10-25(21)34/h5-6,9-12,18,20H,3-4,7-8,13-17,34H2,1-2H3,(H,29,32)/t18-/m0/s1. The van der Waals surface area contributed by atoms with Crippen LogP contribution >= 0.6 is 9.24 Å². The maximum absolute atomic E-state index is 14.8. The first-order chi connectivity index (χ1) is 16.3. The summed E-state index contributed by atoms with van der Waals surface area (Å²) in [6.07, 6.45) is 4.59. The van der Waals surface area contributed by atoms with Gasteiger partial charge in [-0.05, 0) is 55.3 Å². The Morgan fingerprint density at radius 1 is 1.12 bits per heavy atom. The number of amides is 2. The van der Waals surface area contributed by atoms with Crippen LogP contribution in [0.2, 0.25) is 0 Å². The van der Waals surface area contributed by atoms with Crippen molar-refractivity contribution < 1.29 is 14.0 Å². The van der Waals surface area contributed by atoms with Gasteiger partial charge in [0.1, 0.15) is 5.82 Å². The number of nitrogens with one attached hydrogen (secondary N) is 1. The molecule has 1 saturated carbocycles. The zero-order valence-corrected chi connectivity index (χ0v) is 21.3. The Hall–Kier alpha value is -2.30. The molecule has 2 aromatic carbocycles. The topological polar surface area (TPSA) is 52.7 Å². The van der Waals surface area contributed by atoms with Crippen molar-refractivity contribution in [3.63, 3.8) is 0 Å². The third kappa shape index (κ3) is 5.67. The Balaban J connectivity index is 1.40. The van der Waals surface area contributed by atoms with Crippen LogP contribution in [-0.4, -0.2) is 47.3 Å². The molecule has 2 aliphatic rings. The van der Waals surface area contributed by atoms with E-state index in [2.05, 4.69) is 26.4 Å². The smallest absolute Gasteiger partial charge is 0.228 e. The second-order valence-electron chi connectivity index (χ2n) is 9.72. The molecule has 1 saturated heterocycles. The zero-order valence-electron chi connectivity index (χ0n) is 20.1. The molecule has 7 heteroatoms. The summed E-state index contributed by atoms with van der Waals surface area (Å²) >= 11 is 0. The van der Waals surface area contributed by atoms with E-state index in [1.807, 2.05) is 36.1 Å². The fourth-order valence-electron chi connectivity index (χ4n) is 5.25. The Labute approximate surface area is 204 Å². The Morgan fingerprint density at radius 3 is 2.56 bits per heavy atom. The summed E-state index contributed by atoms with van der Waals surface area (Å²) < 4.78 is 14.8. The van der Waals surface area contributed by atoms with Crippen LogP contribution in [0.4, 0.5) is 10.1 Å². The summed E-state index contributed by atoms with van der Waals surface area (Å²) in [5.41, 5.74) is 2.95.